The zero-order chi connectivity index (χ0) is 20.5. The van der Waals surface area contributed by atoms with Crippen LogP contribution in [0.25, 0.3) is 0 Å². The van der Waals surface area contributed by atoms with Crippen molar-refractivity contribution in [2.45, 2.75) is 36.3 Å². The molecule has 3 aromatic rings. The number of aryl methyl sites for hydroxylation is 3. The van der Waals surface area contributed by atoms with Crippen LogP contribution in [0.1, 0.15) is 27.0 Å². The number of carboxylic acid groups (broad SMARTS) is 1. The minimum absolute atomic E-state index is 0.0391. The van der Waals surface area contributed by atoms with Crippen molar-refractivity contribution in [1.29, 1.82) is 0 Å². The van der Waals surface area contributed by atoms with E-state index in [0.29, 0.717) is 19.5 Å². The predicted molar refractivity (Wildman–Crippen MR) is 114 cm³/mol. The van der Waals surface area contributed by atoms with Gasteiger partial charge in [0.05, 0.1) is 12.1 Å². The molecule has 0 aliphatic rings. The van der Waals surface area contributed by atoms with Crippen molar-refractivity contribution in [3.63, 3.8) is 0 Å². The van der Waals surface area contributed by atoms with E-state index in [-0.39, 0.29) is 32.4 Å². The molecular weight excluding hydrogens is 459 g/mol. The molecule has 2 radical (unpaired) electrons. The molecule has 28 heavy (non-hydrogen) atoms. The van der Waals surface area contributed by atoms with Gasteiger partial charge in [-0.25, -0.2) is 9.59 Å². The molecule has 2 aromatic carbocycles. The van der Waals surface area contributed by atoms with Gasteiger partial charge in [0.15, 0.2) is 0 Å². The van der Waals surface area contributed by atoms with Crippen LogP contribution in [-0.4, -0.2) is 41.4 Å². The fourth-order valence-electron chi connectivity index (χ4n) is 2.70. The van der Waals surface area contributed by atoms with Crippen molar-refractivity contribution >= 4 is 27.1 Å². The van der Waals surface area contributed by atoms with Crippen LogP contribution < -0.4 is 5.69 Å². The van der Waals surface area contributed by atoms with Crippen molar-refractivity contribution in [2.75, 3.05) is 0 Å². The Labute approximate surface area is 175 Å². The summed E-state index contributed by atoms with van der Waals surface area (Å²) in [4.78, 5) is 27.9. The molecule has 0 spiro atoms. The SMILES string of the molecule is Cc1ccc(Cn2ccn(CCc3ccc(C(=O)O)cc3)c2=O)cc1.[CH3][Sn][CH3]. The van der Waals surface area contributed by atoms with Gasteiger partial charge in [0, 0.05) is 18.9 Å². The molecule has 5 nitrogen and oxygen atoms in total. The predicted octanol–water partition coefficient (Wildman–Crippen LogP) is 3.73. The van der Waals surface area contributed by atoms with Crippen LogP contribution in [0, 0.1) is 6.92 Å². The van der Waals surface area contributed by atoms with Crippen LogP contribution in [0.2, 0.25) is 9.88 Å². The Morgan fingerprint density at radius 1 is 0.929 bits per heavy atom. The molecule has 6 heteroatoms. The van der Waals surface area contributed by atoms with Gasteiger partial charge in [-0.15, -0.1) is 0 Å². The van der Waals surface area contributed by atoms with E-state index in [1.165, 1.54) is 5.56 Å². The van der Waals surface area contributed by atoms with Crippen molar-refractivity contribution in [2.24, 2.45) is 0 Å². The number of nitrogens with zero attached hydrogens (tertiary/aromatic N) is 2. The first kappa shape index (κ1) is 22.0. The Bertz CT molecular complexity index is 941. The Morgan fingerprint density at radius 2 is 1.46 bits per heavy atom. The van der Waals surface area contributed by atoms with E-state index in [1.807, 2.05) is 31.2 Å². The molecule has 0 fully saturated rings. The van der Waals surface area contributed by atoms with E-state index >= 15 is 0 Å². The molecule has 0 atom stereocenters. The fourth-order valence-corrected chi connectivity index (χ4v) is 2.70. The van der Waals surface area contributed by atoms with Gasteiger partial charge in [0.2, 0.25) is 0 Å². The van der Waals surface area contributed by atoms with Crippen LogP contribution in [0.5, 0.6) is 0 Å². The average molecular weight is 485 g/mol. The monoisotopic (exact) mass is 486 g/mol. The molecular formula is C22H26N2O3Sn. The van der Waals surface area contributed by atoms with E-state index < -0.39 is 5.97 Å². The molecule has 1 aromatic heterocycles. The number of carboxylic acids is 1. The molecule has 0 unspecified atom stereocenters. The molecule has 0 saturated heterocycles. The van der Waals surface area contributed by atoms with Gasteiger partial charge >= 0.3 is 42.7 Å². The summed E-state index contributed by atoms with van der Waals surface area (Å²) >= 11 is 0.230. The molecule has 3 rings (SSSR count). The number of imidazole rings is 1. The first-order chi connectivity index (χ1) is 13.4. The maximum absolute atomic E-state index is 12.5. The zero-order valence-corrected chi connectivity index (χ0v) is 19.4. The van der Waals surface area contributed by atoms with Crippen molar-refractivity contribution in [3.05, 3.63) is 93.7 Å². The van der Waals surface area contributed by atoms with Crippen molar-refractivity contribution in [3.8, 4) is 0 Å². The summed E-state index contributed by atoms with van der Waals surface area (Å²) in [5.41, 5.74) is 3.52. The first-order valence-electron chi connectivity index (χ1n) is 9.16. The molecule has 0 bridgehead atoms. The van der Waals surface area contributed by atoms with E-state index in [2.05, 4.69) is 9.88 Å². The van der Waals surface area contributed by atoms with Gasteiger partial charge in [0.25, 0.3) is 0 Å². The van der Waals surface area contributed by atoms with Crippen LogP contribution >= 0.6 is 0 Å². The molecule has 0 amide bonds. The fraction of sp³-hybridized carbons (Fsp3) is 0.273. The van der Waals surface area contributed by atoms with Crippen molar-refractivity contribution < 1.29 is 9.90 Å². The third-order valence-corrected chi connectivity index (χ3v) is 4.23. The van der Waals surface area contributed by atoms with E-state index in [1.54, 1.807) is 45.8 Å². The van der Waals surface area contributed by atoms with Gasteiger partial charge in [0.1, 0.15) is 0 Å². The number of hydrogen-bond acceptors (Lipinski definition) is 2. The molecule has 0 aliphatic heterocycles. The number of carbonyl (C=O) groups is 1. The topological polar surface area (TPSA) is 64.2 Å². The van der Waals surface area contributed by atoms with Crippen molar-refractivity contribution in [1.82, 2.24) is 9.13 Å². The van der Waals surface area contributed by atoms with E-state index in [9.17, 15) is 9.59 Å². The molecule has 0 saturated carbocycles. The number of rotatable bonds is 6. The van der Waals surface area contributed by atoms with Crippen LogP contribution in [0.4, 0.5) is 0 Å². The van der Waals surface area contributed by atoms with E-state index in [0.717, 1.165) is 11.1 Å². The third-order valence-electron chi connectivity index (χ3n) is 4.23. The summed E-state index contributed by atoms with van der Waals surface area (Å²) in [6.45, 7) is 3.15. The molecule has 0 aliphatic carbocycles. The number of aromatic carboxylic acids is 1. The first-order valence-corrected chi connectivity index (χ1v) is 14.9. The Morgan fingerprint density at radius 3 is 2.04 bits per heavy atom. The molecule has 1 N–H and O–H groups in total. The average Bonchev–Trinajstić information content (AvgIpc) is 3.02. The number of aromatic nitrogens is 2. The summed E-state index contributed by atoms with van der Waals surface area (Å²) < 4.78 is 3.37. The molecule has 1 heterocycles. The quantitative estimate of drug-likeness (QED) is 0.542. The second-order valence-electron chi connectivity index (χ2n) is 6.64. The van der Waals surface area contributed by atoms with Gasteiger partial charge in [-0.05, 0) is 36.6 Å². The maximum atomic E-state index is 12.5. The summed E-state index contributed by atoms with van der Waals surface area (Å²) in [6.07, 6.45) is 4.27. The normalized spacial score (nSPS) is 10.2. The van der Waals surface area contributed by atoms with Crippen LogP contribution in [0.15, 0.2) is 65.7 Å². The molecule has 146 valence electrons. The van der Waals surface area contributed by atoms with E-state index in [4.69, 9.17) is 5.11 Å². The zero-order valence-electron chi connectivity index (χ0n) is 16.6. The minimum atomic E-state index is -0.934. The number of benzene rings is 2. The summed E-state index contributed by atoms with van der Waals surface area (Å²) in [5, 5.41) is 8.91. The summed E-state index contributed by atoms with van der Waals surface area (Å²) in [5.74, 6) is -0.934. The van der Waals surface area contributed by atoms with Crippen LogP contribution in [-0.2, 0) is 19.5 Å². The van der Waals surface area contributed by atoms with Gasteiger partial charge in [-0.3, -0.25) is 9.13 Å². The standard InChI is InChI=1S/C20H20N2O3.2CH3.Sn/c1-15-2-4-17(5-3-15)14-22-13-12-21(20(22)25)11-10-16-6-8-18(9-7-16)19(23)24;;;/h2-9,12-13H,10-11,14H2,1H3,(H,23,24);2*1H3;. The van der Waals surface area contributed by atoms with Gasteiger partial charge < -0.3 is 5.11 Å². The third kappa shape index (κ3) is 6.41. The number of hydrogen-bond donors (Lipinski definition) is 1. The van der Waals surface area contributed by atoms with Gasteiger partial charge in [-0.1, -0.05) is 42.0 Å². The Hall–Kier alpha value is -2.28. The van der Waals surface area contributed by atoms with Crippen LogP contribution in [0.3, 0.4) is 0 Å². The summed E-state index contributed by atoms with van der Waals surface area (Å²) in [6, 6.07) is 14.9. The second-order valence-corrected chi connectivity index (χ2v) is 9.49. The Balaban J connectivity index is 0.000000878. The summed E-state index contributed by atoms with van der Waals surface area (Å²) in [7, 11) is 0. The second kappa shape index (κ2) is 10.9. The van der Waals surface area contributed by atoms with Gasteiger partial charge in [-0.2, -0.15) is 0 Å². The Kier molecular flexibility index (Phi) is 8.57.